The summed E-state index contributed by atoms with van der Waals surface area (Å²) in [6.45, 7) is 6.29. The summed E-state index contributed by atoms with van der Waals surface area (Å²) in [6.07, 6.45) is 0. The zero-order valence-electron chi connectivity index (χ0n) is 26.6. The van der Waals surface area contributed by atoms with Crippen LogP contribution < -0.4 is 14.2 Å². The number of amides is 1. The van der Waals surface area contributed by atoms with Gasteiger partial charge in [0.25, 0.3) is 5.91 Å². The molecule has 3 heterocycles. The maximum absolute atomic E-state index is 13.6. The summed E-state index contributed by atoms with van der Waals surface area (Å²) in [5.41, 5.74) is 4.90. The minimum Gasteiger partial charge on any atom is -0.489 e. The molecule has 0 bridgehead atoms. The number of carbonyl (C=O) groups is 1. The van der Waals surface area contributed by atoms with E-state index in [4.69, 9.17) is 19.2 Å². The van der Waals surface area contributed by atoms with Gasteiger partial charge in [0, 0.05) is 51.2 Å². The summed E-state index contributed by atoms with van der Waals surface area (Å²) in [4.78, 5) is 24.7. The number of aromatic nitrogens is 1. The van der Waals surface area contributed by atoms with Gasteiger partial charge in [-0.25, -0.2) is 9.37 Å². The van der Waals surface area contributed by atoms with Crippen LogP contribution in [-0.2, 0) is 32.8 Å². The number of ether oxygens (including phenoxy) is 3. The maximum Gasteiger partial charge on any atom is 0.273 e. The predicted molar refractivity (Wildman–Crippen MR) is 182 cm³/mol. The first-order valence-corrected chi connectivity index (χ1v) is 17.0. The molecule has 246 valence electrons. The predicted octanol–water partition coefficient (Wildman–Crippen LogP) is 6.75. The lowest BCUT2D eigenvalue weighted by molar-refractivity contribution is 0.0623. The van der Waals surface area contributed by atoms with Gasteiger partial charge in [-0.15, -0.1) is 11.3 Å². The van der Waals surface area contributed by atoms with E-state index >= 15 is 0 Å². The largest absolute Gasteiger partial charge is 0.489 e. The lowest BCUT2D eigenvalue weighted by Crippen LogP contribution is -2.48. The van der Waals surface area contributed by atoms with Crippen molar-refractivity contribution in [1.82, 2.24) is 19.7 Å². The zero-order valence-corrected chi connectivity index (χ0v) is 27.4. The van der Waals surface area contributed by atoms with Crippen LogP contribution in [0, 0.1) is 5.82 Å². The molecular formula is C38H37FN4O4S. The molecule has 1 fully saturated rings. The third-order valence-corrected chi connectivity index (χ3v) is 9.36. The number of piperazine rings is 1. The molecule has 0 radical (unpaired) electrons. The number of benzene rings is 4. The molecule has 1 saturated heterocycles. The summed E-state index contributed by atoms with van der Waals surface area (Å²) in [5.74, 6) is 2.10. The van der Waals surface area contributed by atoms with Crippen LogP contribution in [0.3, 0.4) is 0 Å². The summed E-state index contributed by atoms with van der Waals surface area (Å²) >= 11 is 1.50. The first-order chi connectivity index (χ1) is 23.5. The van der Waals surface area contributed by atoms with Crippen molar-refractivity contribution in [3.8, 4) is 17.2 Å². The quantitative estimate of drug-likeness (QED) is 0.146. The third kappa shape index (κ3) is 8.20. The molecule has 0 unspecified atom stereocenters. The van der Waals surface area contributed by atoms with Crippen molar-refractivity contribution in [3.63, 3.8) is 0 Å². The van der Waals surface area contributed by atoms with E-state index in [1.54, 1.807) is 0 Å². The Bertz CT molecular complexity index is 1810. The average Bonchev–Trinajstić information content (AvgIpc) is 3.79. The Labute approximate surface area is 283 Å². The van der Waals surface area contributed by atoms with Crippen LogP contribution in [0.25, 0.3) is 0 Å². The summed E-state index contributed by atoms with van der Waals surface area (Å²) in [7, 11) is 0. The van der Waals surface area contributed by atoms with Gasteiger partial charge in [0.2, 0.25) is 6.79 Å². The van der Waals surface area contributed by atoms with Gasteiger partial charge in [-0.2, -0.15) is 0 Å². The summed E-state index contributed by atoms with van der Waals surface area (Å²) < 4.78 is 30.6. The molecule has 0 spiro atoms. The number of halogens is 1. The molecule has 0 aliphatic carbocycles. The molecule has 4 aromatic carbocycles. The van der Waals surface area contributed by atoms with Crippen molar-refractivity contribution in [1.29, 1.82) is 0 Å². The van der Waals surface area contributed by atoms with Crippen molar-refractivity contribution in [2.75, 3.05) is 33.0 Å². The van der Waals surface area contributed by atoms with Crippen molar-refractivity contribution in [2.45, 2.75) is 32.8 Å². The molecule has 1 aromatic heterocycles. The van der Waals surface area contributed by atoms with Gasteiger partial charge in [-0.3, -0.25) is 14.6 Å². The van der Waals surface area contributed by atoms with Crippen molar-refractivity contribution in [3.05, 3.63) is 141 Å². The molecular weight excluding hydrogens is 628 g/mol. The van der Waals surface area contributed by atoms with Crippen LogP contribution in [0.15, 0.2) is 102 Å². The Morgan fingerprint density at radius 1 is 0.792 bits per heavy atom. The number of rotatable bonds is 12. The van der Waals surface area contributed by atoms with Gasteiger partial charge in [-0.05, 0) is 58.7 Å². The zero-order chi connectivity index (χ0) is 32.7. The molecule has 0 saturated carbocycles. The standard InChI is InChI=1S/C38H37FN4O4S/c39-32-11-6-28(7-12-32)21-42(22-29-8-13-33(14-9-29)45-25-30-4-2-1-3-5-30)24-37-40-34(26-48-37)38(44)43-18-16-41(17-19-43)23-31-10-15-35-36(20-31)47-27-46-35/h1-15,20,26H,16-19,21-25,27H2. The van der Waals surface area contributed by atoms with Gasteiger partial charge in [-0.1, -0.05) is 60.7 Å². The number of nitrogens with zero attached hydrogens (tertiary/aromatic N) is 4. The second-order valence-corrected chi connectivity index (χ2v) is 13.0. The van der Waals surface area contributed by atoms with Crippen molar-refractivity contribution in [2.24, 2.45) is 0 Å². The number of fused-ring (bicyclic) bond motifs is 1. The van der Waals surface area contributed by atoms with E-state index in [1.807, 2.05) is 77.0 Å². The van der Waals surface area contributed by atoms with Gasteiger partial charge in [0.1, 0.15) is 28.9 Å². The fourth-order valence-electron chi connectivity index (χ4n) is 5.95. The highest BCUT2D eigenvalue weighted by molar-refractivity contribution is 7.09. The highest BCUT2D eigenvalue weighted by atomic mass is 32.1. The SMILES string of the molecule is O=C(c1csc(CN(Cc2ccc(F)cc2)Cc2ccc(OCc3ccccc3)cc2)n1)N1CCN(Cc2ccc3c(c2)OCO3)CC1. The fourth-order valence-corrected chi connectivity index (χ4v) is 6.76. The number of hydrogen-bond donors (Lipinski definition) is 0. The van der Waals surface area contributed by atoms with E-state index in [9.17, 15) is 9.18 Å². The second-order valence-electron chi connectivity index (χ2n) is 12.1. The van der Waals surface area contributed by atoms with Gasteiger partial charge in [0.05, 0.1) is 6.54 Å². The van der Waals surface area contributed by atoms with Crippen LogP contribution >= 0.6 is 11.3 Å². The average molecular weight is 665 g/mol. The Kier molecular flexibility index (Phi) is 9.93. The van der Waals surface area contributed by atoms with Gasteiger partial charge >= 0.3 is 0 Å². The second kappa shape index (κ2) is 15.0. The van der Waals surface area contributed by atoms with E-state index in [0.717, 1.165) is 58.6 Å². The molecule has 0 atom stereocenters. The molecule has 7 rings (SSSR count). The van der Waals surface area contributed by atoms with Crippen molar-refractivity contribution < 1.29 is 23.4 Å². The lowest BCUT2D eigenvalue weighted by Gasteiger charge is -2.34. The van der Waals surface area contributed by atoms with E-state index in [-0.39, 0.29) is 18.5 Å². The minimum absolute atomic E-state index is 0.0311. The van der Waals surface area contributed by atoms with Gasteiger partial charge < -0.3 is 19.1 Å². The lowest BCUT2D eigenvalue weighted by atomic mass is 10.1. The minimum atomic E-state index is -0.256. The van der Waals surface area contributed by atoms with Crippen LogP contribution in [0.5, 0.6) is 17.2 Å². The van der Waals surface area contributed by atoms with Gasteiger partial charge in [0.15, 0.2) is 11.5 Å². The Hall–Kier alpha value is -4.77. The third-order valence-electron chi connectivity index (χ3n) is 8.53. The fraction of sp³-hybridized carbons (Fsp3) is 0.263. The Morgan fingerprint density at radius 2 is 1.48 bits per heavy atom. The molecule has 10 heteroatoms. The highest BCUT2D eigenvalue weighted by Crippen LogP contribution is 2.33. The maximum atomic E-state index is 13.6. The number of carbonyl (C=O) groups excluding carboxylic acids is 1. The van der Waals surface area contributed by atoms with E-state index in [0.29, 0.717) is 45.0 Å². The van der Waals surface area contributed by atoms with Crippen LogP contribution in [-0.4, -0.2) is 58.6 Å². The summed E-state index contributed by atoms with van der Waals surface area (Å²) in [6, 6.07) is 30.9. The first-order valence-electron chi connectivity index (χ1n) is 16.1. The molecule has 5 aromatic rings. The molecule has 2 aliphatic heterocycles. The topological polar surface area (TPSA) is 67.4 Å². The smallest absolute Gasteiger partial charge is 0.273 e. The summed E-state index contributed by atoms with van der Waals surface area (Å²) in [5, 5.41) is 2.73. The molecule has 1 amide bonds. The molecule has 48 heavy (non-hydrogen) atoms. The first kappa shape index (κ1) is 31.8. The van der Waals surface area contributed by atoms with E-state index in [2.05, 4.69) is 28.0 Å². The normalized spacial score (nSPS) is 14.4. The molecule has 8 nitrogen and oxygen atoms in total. The van der Waals surface area contributed by atoms with Crippen molar-refractivity contribution >= 4 is 17.2 Å². The van der Waals surface area contributed by atoms with Crippen LogP contribution in [0.4, 0.5) is 4.39 Å². The Balaban J connectivity index is 0.955. The number of hydrogen-bond acceptors (Lipinski definition) is 8. The monoisotopic (exact) mass is 664 g/mol. The van der Waals surface area contributed by atoms with Crippen LogP contribution in [0.1, 0.15) is 37.7 Å². The Morgan fingerprint density at radius 3 is 2.23 bits per heavy atom. The number of thiazole rings is 1. The van der Waals surface area contributed by atoms with Crippen LogP contribution in [0.2, 0.25) is 0 Å². The molecule has 2 aliphatic rings. The molecule has 0 N–H and O–H groups in total. The van der Waals surface area contributed by atoms with E-state index < -0.39 is 0 Å². The van der Waals surface area contributed by atoms with E-state index in [1.165, 1.54) is 29.0 Å². The highest BCUT2D eigenvalue weighted by Gasteiger charge is 2.25.